The molecule has 2 heteroatoms. The Kier molecular flexibility index (Phi) is 1.80. The Hall–Kier alpha value is -0.340. The SMILES string of the molecule is NCC1(CN)CCC2C1=C1CCC2C1. The van der Waals surface area contributed by atoms with Crippen LogP contribution in [-0.2, 0) is 0 Å². The predicted octanol–water partition coefficient (Wildman–Crippen LogP) is 1.41. The molecule has 4 N–H and O–H groups in total. The van der Waals surface area contributed by atoms with Crippen LogP contribution in [0.3, 0.4) is 0 Å². The van der Waals surface area contributed by atoms with Crippen molar-refractivity contribution in [3.8, 4) is 0 Å². The number of hydrogen-bond acceptors (Lipinski definition) is 2. The van der Waals surface area contributed by atoms with Crippen molar-refractivity contribution in [2.45, 2.75) is 32.1 Å². The lowest BCUT2D eigenvalue weighted by Crippen LogP contribution is -2.38. The van der Waals surface area contributed by atoms with E-state index >= 15 is 0 Å². The lowest BCUT2D eigenvalue weighted by atomic mass is 9.77. The van der Waals surface area contributed by atoms with E-state index in [0.29, 0.717) is 0 Å². The summed E-state index contributed by atoms with van der Waals surface area (Å²) in [5.74, 6) is 1.85. The van der Waals surface area contributed by atoms with Crippen molar-refractivity contribution in [3.63, 3.8) is 0 Å². The van der Waals surface area contributed by atoms with Gasteiger partial charge in [0.1, 0.15) is 0 Å². The van der Waals surface area contributed by atoms with Gasteiger partial charge in [-0.05, 0) is 43.9 Å². The Balaban J connectivity index is 2.04. The predicted molar refractivity (Wildman–Crippen MR) is 57.6 cm³/mol. The van der Waals surface area contributed by atoms with Gasteiger partial charge in [0.05, 0.1) is 0 Å². The Morgan fingerprint density at radius 3 is 2.71 bits per heavy atom. The first kappa shape index (κ1) is 8.93. The summed E-state index contributed by atoms with van der Waals surface area (Å²) in [6, 6.07) is 0. The van der Waals surface area contributed by atoms with Crippen molar-refractivity contribution in [1.29, 1.82) is 0 Å². The van der Waals surface area contributed by atoms with Crippen LogP contribution >= 0.6 is 0 Å². The van der Waals surface area contributed by atoms with Crippen molar-refractivity contribution in [2.24, 2.45) is 28.7 Å². The maximum Gasteiger partial charge on any atom is 0.0163 e. The van der Waals surface area contributed by atoms with Gasteiger partial charge < -0.3 is 11.5 Å². The van der Waals surface area contributed by atoms with Crippen molar-refractivity contribution in [3.05, 3.63) is 11.1 Å². The molecule has 3 aliphatic rings. The average molecular weight is 192 g/mol. The van der Waals surface area contributed by atoms with E-state index in [-0.39, 0.29) is 5.41 Å². The minimum absolute atomic E-state index is 0.217. The molecule has 78 valence electrons. The minimum atomic E-state index is 0.217. The van der Waals surface area contributed by atoms with Crippen molar-refractivity contribution >= 4 is 0 Å². The quantitative estimate of drug-likeness (QED) is 0.650. The molecule has 0 spiro atoms. The van der Waals surface area contributed by atoms with E-state index in [0.717, 1.165) is 24.9 Å². The molecule has 2 unspecified atom stereocenters. The van der Waals surface area contributed by atoms with E-state index in [2.05, 4.69) is 0 Å². The van der Waals surface area contributed by atoms with Crippen LogP contribution in [0.25, 0.3) is 0 Å². The van der Waals surface area contributed by atoms with Crippen molar-refractivity contribution in [2.75, 3.05) is 13.1 Å². The highest BCUT2D eigenvalue weighted by Gasteiger charge is 2.51. The lowest BCUT2D eigenvalue weighted by Gasteiger charge is -2.31. The molecule has 0 amide bonds. The first-order valence-corrected chi connectivity index (χ1v) is 5.93. The molecule has 0 radical (unpaired) electrons. The van der Waals surface area contributed by atoms with Gasteiger partial charge in [-0.2, -0.15) is 0 Å². The fourth-order valence-electron chi connectivity index (χ4n) is 4.19. The summed E-state index contributed by atoms with van der Waals surface area (Å²) in [5.41, 5.74) is 15.6. The zero-order valence-corrected chi connectivity index (χ0v) is 8.76. The van der Waals surface area contributed by atoms with Gasteiger partial charge in [0, 0.05) is 18.5 Å². The summed E-state index contributed by atoms with van der Waals surface area (Å²) in [6.07, 6.45) is 6.77. The van der Waals surface area contributed by atoms with E-state index in [1.54, 1.807) is 11.1 Å². The van der Waals surface area contributed by atoms with Gasteiger partial charge >= 0.3 is 0 Å². The summed E-state index contributed by atoms with van der Waals surface area (Å²) in [7, 11) is 0. The summed E-state index contributed by atoms with van der Waals surface area (Å²) >= 11 is 0. The van der Waals surface area contributed by atoms with Crippen LogP contribution in [0.1, 0.15) is 32.1 Å². The number of nitrogens with two attached hydrogens (primary N) is 2. The molecule has 2 atom stereocenters. The first-order chi connectivity index (χ1) is 6.80. The van der Waals surface area contributed by atoms with Crippen molar-refractivity contribution < 1.29 is 0 Å². The Bertz CT molecular complexity index is 289. The molecule has 0 aromatic rings. The third kappa shape index (κ3) is 0.887. The topological polar surface area (TPSA) is 52.0 Å². The molecule has 0 heterocycles. The average Bonchev–Trinajstić information content (AvgIpc) is 2.90. The molecule has 0 aromatic heterocycles. The van der Waals surface area contributed by atoms with E-state index < -0.39 is 0 Å². The van der Waals surface area contributed by atoms with Gasteiger partial charge in [-0.1, -0.05) is 11.1 Å². The largest absolute Gasteiger partial charge is 0.330 e. The second-order valence-electron chi connectivity index (χ2n) is 5.35. The molecule has 0 saturated heterocycles. The molecular formula is C12H20N2. The van der Waals surface area contributed by atoms with Crippen LogP contribution < -0.4 is 11.5 Å². The molecular weight excluding hydrogens is 172 g/mol. The van der Waals surface area contributed by atoms with E-state index in [1.165, 1.54) is 32.1 Å². The van der Waals surface area contributed by atoms with E-state index in [9.17, 15) is 0 Å². The monoisotopic (exact) mass is 192 g/mol. The Morgan fingerprint density at radius 1 is 1.21 bits per heavy atom. The highest BCUT2D eigenvalue weighted by molar-refractivity contribution is 5.38. The number of hydrogen-bond donors (Lipinski definition) is 2. The standard InChI is InChI=1S/C12H20N2/c13-6-12(7-14)4-3-10-8-1-2-9(5-8)11(10)12/h8,10H,1-7,13-14H2. The van der Waals surface area contributed by atoms with Gasteiger partial charge in [0.2, 0.25) is 0 Å². The molecule has 0 aliphatic heterocycles. The van der Waals surface area contributed by atoms with Crippen molar-refractivity contribution in [1.82, 2.24) is 0 Å². The lowest BCUT2D eigenvalue weighted by molar-refractivity contribution is 0.382. The smallest absolute Gasteiger partial charge is 0.0163 e. The molecule has 2 bridgehead atoms. The highest BCUT2D eigenvalue weighted by Crippen LogP contribution is 2.60. The highest BCUT2D eigenvalue weighted by atomic mass is 14.7. The third-order valence-corrected chi connectivity index (χ3v) is 4.93. The zero-order valence-electron chi connectivity index (χ0n) is 8.76. The van der Waals surface area contributed by atoms with Crippen LogP contribution in [0.4, 0.5) is 0 Å². The van der Waals surface area contributed by atoms with Crippen LogP contribution in [0.2, 0.25) is 0 Å². The van der Waals surface area contributed by atoms with Gasteiger partial charge in [-0.3, -0.25) is 0 Å². The van der Waals surface area contributed by atoms with Gasteiger partial charge in [0.15, 0.2) is 0 Å². The zero-order chi connectivity index (χ0) is 9.76. The maximum absolute atomic E-state index is 5.95. The molecule has 3 rings (SSSR count). The number of rotatable bonds is 2. The minimum Gasteiger partial charge on any atom is -0.330 e. The third-order valence-electron chi connectivity index (χ3n) is 4.93. The molecule has 3 aliphatic carbocycles. The molecule has 2 nitrogen and oxygen atoms in total. The van der Waals surface area contributed by atoms with E-state index in [1.807, 2.05) is 0 Å². The molecule has 2 saturated carbocycles. The normalized spacial score (nSPS) is 38.1. The first-order valence-electron chi connectivity index (χ1n) is 5.93. The summed E-state index contributed by atoms with van der Waals surface area (Å²) < 4.78 is 0. The summed E-state index contributed by atoms with van der Waals surface area (Å²) in [6.45, 7) is 1.54. The fourth-order valence-corrected chi connectivity index (χ4v) is 4.19. The van der Waals surface area contributed by atoms with Gasteiger partial charge in [0.25, 0.3) is 0 Å². The van der Waals surface area contributed by atoms with Gasteiger partial charge in [-0.25, -0.2) is 0 Å². The molecule has 0 aromatic carbocycles. The van der Waals surface area contributed by atoms with Crippen LogP contribution in [-0.4, -0.2) is 13.1 Å². The Labute approximate surface area is 85.7 Å². The fraction of sp³-hybridized carbons (Fsp3) is 0.833. The second kappa shape index (κ2) is 2.83. The second-order valence-corrected chi connectivity index (χ2v) is 5.35. The van der Waals surface area contributed by atoms with Crippen LogP contribution in [0.15, 0.2) is 11.1 Å². The molecule has 14 heavy (non-hydrogen) atoms. The number of allylic oxidation sites excluding steroid dienone is 1. The molecule has 2 fully saturated rings. The summed E-state index contributed by atoms with van der Waals surface area (Å²) in [5, 5.41) is 0. The van der Waals surface area contributed by atoms with Gasteiger partial charge in [-0.15, -0.1) is 0 Å². The van der Waals surface area contributed by atoms with Crippen LogP contribution in [0.5, 0.6) is 0 Å². The Morgan fingerprint density at radius 2 is 2.00 bits per heavy atom. The van der Waals surface area contributed by atoms with E-state index in [4.69, 9.17) is 11.5 Å². The maximum atomic E-state index is 5.95. The number of fused-ring (bicyclic) bond motifs is 4. The van der Waals surface area contributed by atoms with Crippen LogP contribution in [0, 0.1) is 17.3 Å². The summed E-state index contributed by atoms with van der Waals surface area (Å²) in [4.78, 5) is 0.